The first-order valence-electron chi connectivity index (χ1n) is 6.25. The summed E-state index contributed by atoms with van der Waals surface area (Å²) in [7, 11) is 0. The third-order valence-electron chi connectivity index (χ3n) is 3.37. The van der Waals surface area contributed by atoms with Crippen LogP contribution in [0.5, 0.6) is 0 Å². The van der Waals surface area contributed by atoms with Gasteiger partial charge in [0.15, 0.2) is 0 Å². The first kappa shape index (κ1) is 12.2. The van der Waals surface area contributed by atoms with Gasteiger partial charge >= 0.3 is 0 Å². The summed E-state index contributed by atoms with van der Waals surface area (Å²) >= 11 is 0. The maximum Gasteiger partial charge on any atom is 0.125 e. The third kappa shape index (κ3) is 2.90. The van der Waals surface area contributed by atoms with Crippen LogP contribution in [-0.4, -0.2) is 10.7 Å². The van der Waals surface area contributed by atoms with Crippen LogP contribution < -0.4 is 0 Å². The molecule has 1 nitrogen and oxygen atoms in total. The summed E-state index contributed by atoms with van der Waals surface area (Å²) in [6.45, 7) is 6.60. The van der Waals surface area contributed by atoms with Crippen molar-refractivity contribution in [1.82, 2.24) is 0 Å². The van der Waals surface area contributed by atoms with E-state index >= 15 is 0 Å². The van der Waals surface area contributed by atoms with Gasteiger partial charge in [-0.25, -0.2) is 0 Å². The summed E-state index contributed by atoms with van der Waals surface area (Å²) in [6, 6.07) is 8.31. The summed E-state index contributed by atoms with van der Waals surface area (Å²) in [5.74, 6) is 6.04. The van der Waals surface area contributed by atoms with E-state index in [1.165, 1.54) is 5.56 Å². The monoisotopic (exact) mass is 228 g/mol. The molecule has 0 unspecified atom stereocenters. The highest BCUT2D eigenvalue weighted by Gasteiger charge is 2.31. The van der Waals surface area contributed by atoms with Crippen molar-refractivity contribution < 1.29 is 5.11 Å². The lowest BCUT2D eigenvalue weighted by Gasteiger charge is -2.30. The van der Waals surface area contributed by atoms with Gasteiger partial charge in [-0.1, -0.05) is 44.7 Å². The Balaban J connectivity index is 2.13. The molecule has 0 amide bonds. The third-order valence-corrected chi connectivity index (χ3v) is 3.37. The van der Waals surface area contributed by atoms with E-state index in [-0.39, 0.29) is 5.41 Å². The van der Waals surface area contributed by atoms with Crippen molar-refractivity contribution in [1.29, 1.82) is 0 Å². The van der Waals surface area contributed by atoms with Gasteiger partial charge in [-0.2, -0.15) is 0 Å². The van der Waals surface area contributed by atoms with Crippen LogP contribution >= 0.6 is 0 Å². The second-order valence-corrected chi connectivity index (χ2v) is 5.96. The molecule has 1 saturated carbocycles. The van der Waals surface area contributed by atoms with Crippen molar-refractivity contribution in [2.24, 2.45) is 0 Å². The first-order chi connectivity index (χ1) is 7.89. The molecule has 1 aliphatic rings. The molecule has 1 N–H and O–H groups in total. The maximum atomic E-state index is 9.88. The van der Waals surface area contributed by atoms with Crippen molar-refractivity contribution in [3.05, 3.63) is 35.4 Å². The Hall–Kier alpha value is -1.26. The van der Waals surface area contributed by atoms with Crippen molar-refractivity contribution in [3.63, 3.8) is 0 Å². The highest BCUT2D eigenvalue weighted by molar-refractivity contribution is 5.39. The minimum Gasteiger partial charge on any atom is -0.378 e. The van der Waals surface area contributed by atoms with Crippen LogP contribution in [-0.2, 0) is 5.41 Å². The smallest absolute Gasteiger partial charge is 0.125 e. The number of hydrogen-bond donors (Lipinski definition) is 1. The molecular formula is C16H20O. The number of hydrogen-bond acceptors (Lipinski definition) is 1. The SMILES string of the molecule is CC(C)(C)c1ccc(C#CC2(O)CCC2)cc1. The maximum absolute atomic E-state index is 9.88. The topological polar surface area (TPSA) is 20.2 Å². The molecule has 2 rings (SSSR count). The lowest BCUT2D eigenvalue weighted by Crippen LogP contribution is -2.34. The largest absolute Gasteiger partial charge is 0.378 e. The lowest BCUT2D eigenvalue weighted by molar-refractivity contribution is 0.0240. The molecule has 0 spiro atoms. The molecule has 0 atom stereocenters. The van der Waals surface area contributed by atoms with E-state index in [2.05, 4.69) is 44.7 Å². The normalized spacial score (nSPS) is 17.9. The Bertz CT molecular complexity index is 447. The van der Waals surface area contributed by atoms with Crippen LogP contribution in [0.15, 0.2) is 24.3 Å². The van der Waals surface area contributed by atoms with E-state index in [0.29, 0.717) is 0 Å². The molecule has 0 aliphatic heterocycles. The fraction of sp³-hybridized carbons (Fsp3) is 0.500. The standard InChI is InChI=1S/C16H20O/c1-15(2,3)14-7-5-13(6-8-14)9-12-16(17)10-4-11-16/h5-8,17H,4,10-11H2,1-3H3. The van der Waals surface area contributed by atoms with E-state index in [9.17, 15) is 5.11 Å². The van der Waals surface area contributed by atoms with Gasteiger partial charge < -0.3 is 5.11 Å². The Kier molecular flexibility index (Phi) is 3.02. The number of aliphatic hydroxyl groups is 1. The molecule has 90 valence electrons. The Labute approximate surface area is 104 Å². The molecule has 1 aromatic rings. The number of rotatable bonds is 0. The van der Waals surface area contributed by atoms with Gasteiger partial charge in [0, 0.05) is 5.56 Å². The summed E-state index contributed by atoms with van der Waals surface area (Å²) in [5, 5.41) is 9.88. The van der Waals surface area contributed by atoms with Crippen LogP contribution in [0.25, 0.3) is 0 Å². The highest BCUT2D eigenvalue weighted by Crippen LogP contribution is 2.30. The lowest BCUT2D eigenvalue weighted by atomic mass is 9.81. The van der Waals surface area contributed by atoms with Crippen LogP contribution in [0, 0.1) is 11.8 Å². The Morgan fingerprint density at radius 1 is 1.12 bits per heavy atom. The molecule has 1 aromatic carbocycles. The molecule has 1 aliphatic carbocycles. The van der Waals surface area contributed by atoms with Crippen molar-refractivity contribution in [2.45, 2.75) is 51.0 Å². The molecule has 0 radical (unpaired) electrons. The number of benzene rings is 1. The van der Waals surface area contributed by atoms with Crippen molar-refractivity contribution >= 4 is 0 Å². The van der Waals surface area contributed by atoms with Crippen LogP contribution in [0.2, 0.25) is 0 Å². The quantitative estimate of drug-likeness (QED) is 0.676. The van der Waals surface area contributed by atoms with Gasteiger partial charge in [0.1, 0.15) is 5.60 Å². The van der Waals surface area contributed by atoms with Crippen LogP contribution in [0.4, 0.5) is 0 Å². The summed E-state index contributed by atoms with van der Waals surface area (Å²) in [4.78, 5) is 0. The zero-order valence-electron chi connectivity index (χ0n) is 10.9. The first-order valence-corrected chi connectivity index (χ1v) is 6.25. The van der Waals surface area contributed by atoms with Gasteiger partial charge in [-0.3, -0.25) is 0 Å². The zero-order valence-corrected chi connectivity index (χ0v) is 10.9. The fourth-order valence-electron chi connectivity index (χ4n) is 1.88. The summed E-state index contributed by atoms with van der Waals surface area (Å²) in [5.41, 5.74) is 1.77. The van der Waals surface area contributed by atoms with Gasteiger partial charge in [0.2, 0.25) is 0 Å². The molecule has 17 heavy (non-hydrogen) atoms. The zero-order chi connectivity index (χ0) is 12.5. The van der Waals surface area contributed by atoms with Crippen LogP contribution in [0.1, 0.15) is 51.2 Å². The van der Waals surface area contributed by atoms with E-state index in [1.807, 2.05) is 12.1 Å². The van der Waals surface area contributed by atoms with Gasteiger partial charge in [0.25, 0.3) is 0 Å². The molecule has 0 heterocycles. The van der Waals surface area contributed by atoms with Gasteiger partial charge in [0.05, 0.1) is 0 Å². The minimum absolute atomic E-state index is 0.179. The second-order valence-electron chi connectivity index (χ2n) is 5.96. The van der Waals surface area contributed by atoms with E-state index < -0.39 is 5.60 Å². The van der Waals surface area contributed by atoms with Gasteiger partial charge in [-0.15, -0.1) is 0 Å². The van der Waals surface area contributed by atoms with E-state index in [0.717, 1.165) is 24.8 Å². The van der Waals surface area contributed by atoms with E-state index in [4.69, 9.17) is 0 Å². The predicted molar refractivity (Wildman–Crippen MR) is 70.8 cm³/mol. The molecule has 0 saturated heterocycles. The molecular weight excluding hydrogens is 208 g/mol. The van der Waals surface area contributed by atoms with Crippen LogP contribution in [0.3, 0.4) is 0 Å². The average molecular weight is 228 g/mol. The van der Waals surface area contributed by atoms with Gasteiger partial charge in [-0.05, 0) is 42.4 Å². The summed E-state index contributed by atoms with van der Waals surface area (Å²) in [6.07, 6.45) is 2.73. The molecule has 1 heteroatoms. The molecule has 0 bridgehead atoms. The Morgan fingerprint density at radius 3 is 2.12 bits per heavy atom. The van der Waals surface area contributed by atoms with Crippen molar-refractivity contribution in [2.75, 3.05) is 0 Å². The highest BCUT2D eigenvalue weighted by atomic mass is 16.3. The average Bonchev–Trinajstić information content (AvgIpc) is 2.23. The van der Waals surface area contributed by atoms with E-state index in [1.54, 1.807) is 0 Å². The second kappa shape index (κ2) is 4.20. The molecule has 0 aromatic heterocycles. The Morgan fingerprint density at radius 2 is 1.71 bits per heavy atom. The summed E-state index contributed by atoms with van der Waals surface area (Å²) < 4.78 is 0. The fourth-order valence-corrected chi connectivity index (χ4v) is 1.88. The predicted octanol–water partition coefficient (Wildman–Crippen LogP) is 3.25. The molecule has 1 fully saturated rings. The van der Waals surface area contributed by atoms with Crippen molar-refractivity contribution in [3.8, 4) is 11.8 Å². The minimum atomic E-state index is -0.706.